The molecule has 0 amide bonds. The fourth-order valence-electron chi connectivity index (χ4n) is 2.93. The second-order valence-corrected chi connectivity index (χ2v) is 8.73. The number of aryl methyl sites for hydroxylation is 2. The molecule has 0 radical (unpaired) electrons. The number of benzene rings is 1. The van der Waals surface area contributed by atoms with Gasteiger partial charge in [0, 0.05) is 30.7 Å². The van der Waals surface area contributed by atoms with Crippen LogP contribution in [0.4, 0.5) is 5.95 Å². The molecular weight excluding hydrogens is 410 g/mol. The van der Waals surface area contributed by atoms with E-state index in [9.17, 15) is 8.42 Å². The summed E-state index contributed by atoms with van der Waals surface area (Å²) in [6, 6.07) is 8.72. The first kappa shape index (κ1) is 21.2. The van der Waals surface area contributed by atoms with Crippen molar-refractivity contribution >= 4 is 27.6 Å². The van der Waals surface area contributed by atoms with Crippen molar-refractivity contribution in [3.05, 3.63) is 65.2 Å². The lowest BCUT2D eigenvalue weighted by molar-refractivity contribution is 0.576. The number of hydrogen-bond donors (Lipinski definition) is 2. The molecule has 0 spiro atoms. The predicted molar refractivity (Wildman–Crippen MR) is 114 cm³/mol. The summed E-state index contributed by atoms with van der Waals surface area (Å²) in [7, 11) is -3.75. The van der Waals surface area contributed by atoms with Crippen molar-refractivity contribution in [1.82, 2.24) is 19.7 Å². The van der Waals surface area contributed by atoms with Crippen LogP contribution in [0.25, 0.3) is 11.1 Å². The highest BCUT2D eigenvalue weighted by molar-refractivity contribution is 7.89. The Morgan fingerprint density at radius 3 is 2.72 bits per heavy atom. The zero-order valence-corrected chi connectivity index (χ0v) is 17.5. The van der Waals surface area contributed by atoms with Crippen LogP contribution in [-0.4, -0.2) is 29.9 Å². The maximum atomic E-state index is 12.8. The summed E-state index contributed by atoms with van der Waals surface area (Å²) < 4.78 is 28.1. The monoisotopic (exact) mass is 431 g/mol. The van der Waals surface area contributed by atoms with E-state index in [-0.39, 0.29) is 15.9 Å². The summed E-state index contributed by atoms with van der Waals surface area (Å²) in [6.45, 7) is 2.11. The molecule has 0 saturated heterocycles. The van der Waals surface area contributed by atoms with Gasteiger partial charge in [-0.25, -0.2) is 23.1 Å². The third kappa shape index (κ3) is 5.50. The molecule has 0 unspecified atom stereocenters. The van der Waals surface area contributed by atoms with Gasteiger partial charge in [-0.15, -0.1) is 0 Å². The van der Waals surface area contributed by atoms with Crippen LogP contribution in [0.2, 0.25) is 5.02 Å². The highest BCUT2D eigenvalue weighted by Crippen LogP contribution is 2.29. The molecule has 9 heteroatoms. The van der Waals surface area contributed by atoms with Crippen molar-refractivity contribution in [2.24, 2.45) is 0 Å². The maximum absolute atomic E-state index is 12.8. The van der Waals surface area contributed by atoms with Crippen molar-refractivity contribution in [2.75, 3.05) is 12.3 Å². The zero-order valence-electron chi connectivity index (χ0n) is 16.0. The number of unbranched alkanes of at least 4 members (excludes halogenated alkanes) is 1. The minimum atomic E-state index is -3.75. The number of nitrogens with one attached hydrogen (secondary N) is 1. The van der Waals surface area contributed by atoms with E-state index in [1.54, 1.807) is 31.5 Å². The highest BCUT2D eigenvalue weighted by atomic mass is 35.5. The van der Waals surface area contributed by atoms with Gasteiger partial charge in [0.25, 0.3) is 0 Å². The van der Waals surface area contributed by atoms with Crippen LogP contribution in [0.1, 0.15) is 24.1 Å². The van der Waals surface area contributed by atoms with Crippen molar-refractivity contribution in [3.8, 4) is 11.1 Å². The van der Waals surface area contributed by atoms with Gasteiger partial charge in [-0.2, -0.15) is 0 Å². The van der Waals surface area contributed by atoms with Crippen LogP contribution < -0.4 is 10.5 Å². The molecule has 0 aliphatic carbocycles. The third-order valence-corrected chi connectivity index (χ3v) is 6.38. The lowest BCUT2D eigenvalue weighted by Crippen LogP contribution is -2.25. The van der Waals surface area contributed by atoms with Crippen LogP contribution in [0, 0.1) is 6.92 Å². The van der Waals surface area contributed by atoms with E-state index in [0.717, 1.165) is 18.4 Å². The van der Waals surface area contributed by atoms with Gasteiger partial charge in [-0.05, 0) is 55.5 Å². The molecule has 0 aliphatic heterocycles. The van der Waals surface area contributed by atoms with Crippen LogP contribution in [0.3, 0.4) is 0 Å². The molecule has 0 bridgehead atoms. The zero-order chi connectivity index (χ0) is 20.9. The molecule has 3 N–H and O–H groups in total. The normalized spacial score (nSPS) is 11.5. The first-order valence-electron chi connectivity index (χ1n) is 9.14. The maximum Gasteiger partial charge on any atom is 0.242 e. The second-order valence-electron chi connectivity index (χ2n) is 6.59. The van der Waals surface area contributed by atoms with Crippen LogP contribution in [-0.2, 0) is 16.4 Å². The molecule has 0 aliphatic rings. The quantitative estimate of drug-likeness (QED) is 0.529. The molecule has 29 heavy (non-hydrogen) atoms. The van der Waals surface area contributed by atoms with Crippen LogP contribution in [0.15, 0.2) is 53.8 Å². The third-order valence-electron chi connectivity index (χ3n) is 4.44. The largest absolute Gasteiger partial charge is 0.368 e. The van der Waals surface area contributed by atoms with E-state index in [0.29, 0.717) is 29.8 Å². The standard InChI is InChI=1S/C20H22ClN5O2S/c1-14-17(13-24-20(22)26-14)16-7-8-18(21)19(11-16)29(27,28)25-10-3-2-5-15-6-4-9-23-12-15/h4,6-9,11-13,25H,2-3,5,10H2,1H3,(H2,22,24,26). The van der Waals surface area contributed by atoms with Crippen molar-refractivity contribution in [3.63, 3.8) is 0 Å². The summed E-state index contributed by atoms with van der Waals surface area (Å²) in [5.74, 6) is 0.168. The number of anilines is 1. The number of nitrogen functional groups attached to an aromatic ring is 1. The lowest BCUT2D eigenvalue weighted by Gasteiger charge is -2.11. The SMILES string of the molecule is Cc1nc(N)ncc1-c1ccc(Cl)c(S(=O)(=O)NCCCCc2cccnc2)c1. The molecular formula is C20H22ClN5O2S. The summed E-state index contributed by atoms with van der Waals surface area (Å²) in [4.78, 5) is 12.2. The number of rotatable bonds is 8. The summed E-state index contributed by atoms with van der Waals surface area (Å²) in [6.07, 6.45) is 7.53. The second kappa shape index (κ2) is 9.30. The molecule has 2 aromatic heterocycles. The average Bonchev–Trinajstić information content (AvgIpc) is 2.69. The molecule has 0 fully saturated rings. The van der Waals surface area contributed by atoms with E-state index in [1.165, 1.54) is 6.07 Å². The molecule has 7 nitrogen and oxygen atoms in total. The number of halogens is 1. The van der Waals surface area contributed by atoms with E-state index in [1.807, 2.05) is 18.3 Å². The lowest BCUT2D eigenvalue weighted by atomic mass is 10.1. The van der Waals surface area contributed by atoms with Gasteiger partial charge in [0.05, 0.1) is 10.7 Å². The van der Waals surface area contributed by atoms with Crippen LogP contribution in [0.5, 0.6) is 0 Å². The smallest absolute Gasteiger partial charge is 0.242 e. The number of pyridine rings is 1. The van der Waals surface area contributed by atoms with Crippen molar-refractivity contribution in [2.45, 2.75) is 31.1 Å². The number of hydrogen-bond acceptors (Lipinski definition) is 6. The fraction of sp³-hybridized carbons (Fsp3) is 0.250. The topological polar surface area (TPSA) is 111 Å². The Labute approximate surface area is 175 Å². The van der Waals surface area contributed by atoms with Gasteiger partial charge in [-0.3, -0.25) is 4.98 Å². The fourth-order valence-corrected chi connectivity index (χ4v) is 4.53. The van der Waals surface area contributed by atoms with E-state index in [4.69, 9.17) is 17.3 Å². The van der Waals surface area contributed by atoms with Gasteiger partial charge < -0.3 is 5.73 Å². The summed E-state index contributed by atoms with van der Waals surface area (Å²) >= 11 is 6.18. The van der Waals surface area contributed by atoms with Crippen molar-refractivity contribution < 1.29 is 8.42 Å². The van der Waals surface area contributed by atoms with Gasteiger partial charge in [0.15, 0.2) is 0 Å². The minimum absolute atomic E-state index is 0.0279. The Morgan fingerprint density at radius 2 is 2.00 bits per heavy atom. The van der Waals surface area contributed by atoms with Gasteiger partial charge in [-0.1, -0.05) is 23.7 Å². The predicted octanol–water partition coefficient (Wildman–Crippen LogP) is 3.38. The number of sulfonamides is 1. The Hall–Kier alpha value is -2.55. The summed E-state index contributed by atoms with van der Waals surface area (Å²) in [5, 5.41) is 0.158. The van der Waals surface area contributed by atoms with E-state index >= 15 is 0 Å². The molecule has 0 saturated carbocycles. The van der Waals surface area contributed by atoms with Crippen molar-refractivity contribution in [1.29, 1.82) is 0 Å². The minimum Gasteiger partial charge on any atom is -0.368 e. The first-order chi connectivity index (χ1) is 13.9. The molecule has 2 heterocycles. The Balaban J connectivity index is 1.68. The van der Waals surface area contributed by atoms with E-state index in [2.05, 4.69) is 19.7 Å². The molecule has 3 aromatic rings. The molecule has 152 valence electrons. The number of nitrogens with zero attached hydrogens (tertiary/aromatic N) is 3. The van der Waals surface area contributed by atoms with Gasteiger partial charge in [0.1, 0.15) is 4.90 Å². The average molecular weight is 432 g/mol. The summed E-state index contributed by atoms with van der Waals surface area (Å²) in [5.41, 5.74) is 8.74. The number of aromatic nitrogens is 3. The first-order valence-corrected chi connectivity index (χ1v) is 11.0. The Kier molecular flexibility index (Phi) is 6.79. The van der Waals surface area contributed by atoms with Gasteiger partial charge in [0.2, 0.25) is 16.0 Å². The highest BCUT2D eigenvalue weighted by Gasteiger charge is 2.19. The molecule has 0 atom stereocenters. The number of nitrogens with two attached hydrogens (primary N) is 1. The Bertz CT molecular complexity index is 1090. The van der Waals surface area contributed by atoms with E-state index < -0.39 is 10.0 Å². The molecule has 3 rings (SSSR count). The van der Waals surface area contributed by atoms with Gasteiger partial charge >= 0.3 is 0 Å². The Morgan fingerprint density at radius 1 is 1.17 bits per heavy atom. The molecule has 1 aromatic carbocycles. The van der Waals surface area contributed by atoms with Crippen LogP contribution >= 0.6 is 11.6 Å².